The van der Waals surface area contributed by atoms with Crippen molar-refractivity contribution in [2.24, 2.45) is 0 Å². The van der Waals surface area contributed by atoms with Crippen molar-refractivity contribution < 1.29 is 9.18 Å². The van der Waals surface area contributed by atoms with Gasteiger partial charge in [0.15, 0.2) is 0 Å². The van der Waals surface area contributed by atoms with E-state index < -0.39 is 0 Å². The standard InChI is InChI=1S/C16H16FN.C4H8O.C3H8.C2H6/c1-4-11(2)16-12(3)9-13(10-18-16)14-7-5-6-8-15(14)17;1-3-4(2)5;1-3-2;1-2/h4-10H,1-3H3;3H2,1-2H3;3H2,1-2H3;1-2H3/b11-4-;;;. The van der Waals surface area contributed by atoms with Gasteiger partial charge in [-0.2, -0.15) is 0 Å². The summed E-state index contributed by atoms with van der Waals surface area (Å²) in [6.07, 6.45) is 5.67. The van der Waals surface area contributed by atoms with Crippen LogP contribution in [0.15, 0.2) is 42.6 Å². The molecule has 1 heterocycles. The topological polar surface area (TPSA) is 30.0 Å². The Hall–Kier alpha value is -2.29. The SMILES string of the molecule is C/C=C(/C)c1ncc(-c2ccccc2F)cc1C.CC.CCC.CCC(C)=O. The number of hydrogen-bond acceptors (Lipinski definition) is 2. The highest BCUT2D eigenvalue weighted by Gasteiger charge is 2.07. The van der Waals surface area contributed by atoms with Gasteiger partial charge in [-0.25, -0.2) is 4.39 Å². The van der Waals surface area contributed by atoms with Gasteiger partial charge in [-0.15, -0.1) is 0 Å². The van der Waals surface area contributed by atoms with Gasteiger partial charge in [-0.05, 0) is 51.0 Å². The number of carbonyl (C=O) groups is 1. The van der Waals surface area contributed by atoms with Crippen molar-refractivity contribution in [2.75, 3.05) is 0 Å². The minimum Gasteiger partial charge on any atom is -0.300 e. The Bertz CT molecular complexity index is 720. The number of nitrogens with zero attached hydrogens (tertiary/aromatic N) is 1. The molecule has 0 unspecified atom stereocenters. The van der Waals surface area contributed by atoms with Crippen molar-refractivity contribution in [3.05, 3.63) is 59.7 Å². The van der Waals surface area contributed by atoms with E-state index in [0.29, 0.717) is 12.0 Å². The normalized spacial score (nSPS) is 9.71. The summed E-state index contributed by atoms with van der Waals surface area (Å²) >= 11 is 0. The second-order valence-electron chi connectivity index (χ2n) is 6.10. The fourth-order valence-corrected chi connectivity index (χ4v) is 1.97. The Morgan fingerprint density at radius 3 is 2.00 bits per heavy atom. The summed E-state index contributed by atoms with van der Waals surface area (Å²) in [4.78, 5) is 14.2. The van der Waals surface area contributed by atoms with E-state index in [0.717, 1.165) is 22.4 Å². The van der Waals surface area contributed by atoms with Crippen LogP contribution < -0.4 is 0 Å². The first-order valence-corrected chi connectivity index (χ1v) is 10.2. The van der Waals surface area contributed by atoms with Gasteiger partial charge in [0.1, 0.15) is 11.6 Å². The Labute approximate surface area is 171 Å². The average Bonchev–Trinajstić information content (AvgIpc) is 2.70. The summed E-state index contributed by atoms with van der Waals surface area (Å²) < 4.78 is 13.7. The first-order valence-electron chi connectivity index (χ1n) is 10.2. The molecule has 0 radical (unpaired) electrons. The molecule has 1 aromatic carbocycles. The van der Waals surface area contributed by atoms with Crippen molar-refractivity contribution >= 4 is 11.4 Å². The number of carbonyl (C=O) groups excluding carboxylic acids is 1. The quantitative estimate of drug-likeness (QED) is 0.533. The number of Topliss-reactive ketones (excluding diaryl/α,β-unsaturated/α-hetero) is 1. The van der Waals surface area contributed by atoms with Gasteiger partial charge >= 0.3 is 0 Å². The Morgan fingerprint density at radius 1 is 1.11 bits per heavy atom. The number of benzene rings is 1. The molecule has 0 aliphatic carbocycles. The van der Waals surface area contributed by atoms with Crippen LogP contribution in [0.25, 0.3) is 16.7 Å². The first-order chi connectivity index (χ1) is 13.3. The fraction of sp³-hybridized carbons (Fsp3) is 0.440. The van der Waals surface area contributed by atoms with Crippen molar-refractivity contribution in [3.63, 3.8) is 0 Å². The van der Waals surface area contributed by atoms with Crippen molar-refractivity contribution in [1.29, 1.82) is 0 Å². The van der Waals surface area contributed by atoms with Crippen LogP contribution in [0.3, 0.4) is 0 Å². The molecule has 2 rings (SSSR count). The molecule has 28 heavy (non-hydrogen) atoms. The maximum Gasteiger partial charge on any atom is 0.131 e. The molecule has 0 saturated heterocycles. The second-order valence-corrected chi connectivity index (χ2v) is 6.10. The summed E-state index contributed by atoms with van der Waals surface area (Å²) in [7, 11) is 0. The van der Waals surface area contributed by atoms with Gasteiger partial charge in [0.25, 0.3) is 0 Å². The molecular weight excluding hydrogens is 349 g/mol. The lowest BCUT2D eigenvalue weighted by Gasteiger charge is -2.08. The monoisotopic (exact) mass is 387 g/mol. The molecule has 2 nitrogen and oxygen atoms in total. The van der Waals surface area contributed by atoms with E-state index in [4.69, 9.17) is 0 Å². The number of aromatic nitrogens is 1. The molecule has 0 aliphatic heterocycles. The summed E-state index contributed by atoms with van der Waals surface area (Å²) in [5.74, 6) is 0.0409. The van der Waals surface area contributed by atoms with E-state index >= 15 is 0 Å². The molecule has 1 aromatic heterocycles. The Morgan fingerprint density at radius 2 is 1.61 bits per heavy atom. The lowest BCUT2D eigenvalue weighted by Crippen LogP contribution is -1.93. The van der Waals surface area contributed by atoms with Crippen LogP contribution in [0.2, 0.25) is 0 Å². The van der Waals surface area contributed by atoms with Gasteiger partial charge in [-0.3, -0.25) is 4.98 Å². The van der Waals surface area contributed by atoms with E-state index in [1.165, 1.54) is 12.5 Å². The Kier molecular flexibility index (Phi) is 16.8. The number of rotatable bonds is 3. The molecule has 2 aromatic rings. The van der Waals surface area contributed by atoms with Gasteiger partial charge in [0.05, 0.1) is 5.69 Å². The number of halogens is 1. The molecule has 0 fully saturated rings. The zero-order chi connectivity index (χ0) is 22.1. The third kappa shape index (κ3) is 10.8. The highest BCUT2D eigenvalue weighted by Crippen LogP contribution is 2.25. The predicted molar refractivity (Wildman–Crippen MR) is 122 cm³/mol. The zero-order valence-corrected chi connectivity index (χ0v) is 19.2. The maximum absolute atomic E-state index is 13.7. The highest BCUT2D eigenvalue weighted by molar-refractivity contribution is 5.74. The lowest BCUT2D eigenvalue weighted by molar-refractivity contribution is -0.116. The van der Waals surface area contributed by atoms with Gasteiger partial charge < -0.3 is 4.79 Å². The van der Waals surface area contributed by atoms with Crippen LogP contribution in [0.5, 0.6) is 0 Å². The molecule has 0 spiro atoms. The number of pyridine rings is 1. The minimum atomic E-state index is -0.214. The number of allylic oxidation sites excluding steroid dienone is 2. The summed E-state index contributed by atoms with van der Waals surface area (Å²) in [6.45, 7) is 17.7. The third-order valence-corrected chi connectivity index (χ3v) is 3.57. The third-order valence-electron chi connectivity index (χ3n) is 3.57. The fourth-order valence-electron chi connectivity index (χ4n) is 1.97. The highest BCUT2D eigenvalue weighted by atomic mass is 19.1. The largest absolute Gasteiger partial charge is 0.300 e. The molecule has 156 valence electrons. The van der Waals surface area contributed by atoms with Crippen molar-refractivity contribution in [3.8, 4) is 11.1 Å². The molecule has 0 N–H and O–H groups in total. The van der Waals surface area contributed by atoms with E-state index in [2.05, 4.69) is 18.8 Å². The second kappa shape index (κ2) is 16.9. The molecule has 0 atom stereocenters. The minimum absolute atomic E-state index is 0.214. The predicted octanol–water partition coefficient (Wildman–Crippen LogP) is 8.05. The van der Waals surface area contributed by atoms with Gasteiger partial charge in [0.2, 0.25) is 0 Å². The van der Waals surface area contributed by atoms with Gasteiger partial charge in [0, 0.05) is 23.7 Å². The van der Waals surface area contributed by atoms with Crippen LogP contribution >= 0.6 is 0 Å². The van der Waals surface area contributed by atoms with Crippen molar-refractivity contribution in [1.82, 2.24) is 4.98 Å². The smallest absolute Gasteiger partial charge is 0.131 e. The lowest BCUT2D eigenvalue weighted by atomic mass is 10.0. The summed E-state index contributed by atoms with van der Waals surface area (Å²) in [6, 6.07) is 8.74. The van der Waals surface area contributed by atoms with Crippen LogP contribution in [0.1, 0.15) is 79.5 Å². The van der Waals surface area contributed by atoms with Gasteiger partial charge in [-0.1, -0.05) is 65.3 Å². The van der Waals surface area contributed by atoms with Crippen LogP contribution in [-0.2, 0) is 4.79 Å². The van der Waals surface area contributed by atoms with E-state index in [1.54, 1.807) is 25.3 Å². The van der Waals surface area contributed by atoms with Crippen LogP contribution in [0.4, 0.5) is 4.39 Å². The number of hydrogen-bond donors (Lipinski definition) is 0. The average molecular weight is 388 g/mol. The molecule has 0 saturated carbocycles. The molecule has 0 amide bonds. The van der Waals surface area contributed by atoms with Crippen molar-refractivity contribution in [2.45, 2.75) is 75.2 Å². The van der Waals surface area contributed by atoms with Crippen LogP contribution in [0, 0.1) is 12.7 Å². The Balaban J connectivity index is 0. The molecule has 0 bridgehead atoms. The number of ketones is 1. The zero-order valence-electron chi connectivity index (χ0n) is 19.2. The first kappa shape index (κ1) is 27.9. The maximum atomic E-state index is 13.7. The van der Waals surface area contributed by atoms with E-state index in [9.17, 15) is 9.18 Å². The summed E-state index contributed by atoms with van der Waals surface area (Å²) in [5.41, 5.74) is 4.58. The van der Waals surface area contributed by atoms with Crippen LogP contribution in [-0.4, -0.2) is 10.8 Å². The molecule has 0 aliphatic rings. The van der Waals surface area contributed by atoms with E-state index in [-0.39, 0.29) is 11.6 Å². The number of aryl methyl sites for hydroxylation is 1. The molecular formula is C25H38FNO. The molecule has 3 heteroatoms. The van der Waals surface area contributed by atoms with E-state index in [1.807, 2.05) is 59.8 Å². The summed E-state index contributed by atoms with van der Waals surface area (Å²) in [5, 5.41) is 0.